The summed E-state index contributed by atoms with van der Waals surface area (Å²) in [4.78, 5) is 7.11. The second-order valence-corrected chi connectivity index (χ2v) is 6.42. The Kier molecular flexibility index (Phi) is 6.53. The Hall–Kier alpha value is -1.79. The second kappa shape index (κ2) is 9.06. The maximum absolute atomic E-state index is 5.95. The van der Waals surface area contributed by atoms with E-state index in [1.165, 1.54) is 5.56 Å². The molecule has 2 aliphatic heterocycles. The first-order chi connectivity index (χ1) is 12.3. The standard InChI is InChI=1S/C19H29N3O3/c1-3-20-19(21-13-15-6-8-16(23-2)9-7-15)22-10-12-25-18(14-22)17-5-4-11-24-17/h6-9,17-18H,3-5,10-14H2,1-2H3,(H,20,21). The quantitative estimate of drug-likeness (QED) is 0.653. The van der Waals surface area contributed by atoms with Gasteiger partial charge in [0.15, 0.2) is 5.96 Å². The van der Waals surface area contributed by atoms with Crippen LogP contribution in [0.25, 0.3) is 0 Å². The van der Waals surface area contributed by atoms with Crippen molar-refractivity contribution in [1.82, 2.24) is 10.2 Å². The summed E-state index contributed by atoms with van der Waals surface area (Å²) in [5.41, 5.74) is 1.17. The molecule has 0 aromatic heterocycles. The van der Waals surface area contributed by atoms with Crippen molar-refractivity contribution in [2.75, 3.05) is 40.0 Å². The molecule has 2 atom stereocenters. The average Bonchev–Trinajstić information content (AvgIpc) is 3.20. The third-order valence-corrected chi connectivity index (χ3v) is 4.68. The topological polar surface area (TPSA) is 55.3 Å². The van der Waals surface area contributed by atoms with E-state index in [4.69, 9.17) is 19.2 Å². The first-order valence-electron chi connectivity index (χ1n) is 9.19. The van der Waals surface area contributed by atoms with Gasteiger partial charge < -0.3 is 24.4 Å². The van der Waals surface area contributed by atoms with Gasteiger partial charge in [-0.15, -0.1) is 0 Å². The van der Waals surface area contributed by atoms with Crippen LogP contribution in [0.5, 0.6) is 5.75 Å². The van der Waals surface area contributed by atoms with Gasteiger partial charge in [-0.2, -0.15) is 0 Å². The van der Waals surface area contributed by atoms with Crippen LogP contribution >= 0.6 is 0 Å². The Labute approximate surface area is 150 Å². The minimum Gasteiger partial charge on any atom is -0.497 e. The van der Waals surface area contributed by atoms with Gasteiger partial charge in [-0.1, -0.05) is 12.1 Å². The lowest BCUT2D eigenvalue weighted by Crippen LogP contribution is -2.53. The number of benzene rings is 1. The first-order valence-corrected chi connectivity index (χ1v) is 9.19. The van der Waals surface area contributed by atoms with Crippen molar-refractivity contribution in [2.24, 2.45) is 4.99 Å². The lowest BCUT2D eigenvalue weighted by atomic mass is 10.1. The molecule has 1 N–H and O–H groups in total. The number of hydrogen-bond donors (Lipinski definition) is 1. The third-order valence-electron chi connectivity index (χ3n) is 4.68. The van der Waals surface area contributed by atoms with E-state index in [-0.39, 0.29) is 12.2 Å². The van der Waals surface area contributed by atoms with Crippen LogP contribution in [0.2, 0.25) is 0 Å². The number of ether oxygens (including phenoxy) is 3. The zero-order valence-corrected chi connectivity index (χ0v) is 15.2. The highest BCUT2D eigenvalue weighted by Gasteiger charge is 2.32. The van der Waals surface area contributed by atoms with Crippen molar-refractivity contribution in [2.45, 2.75) is 38.5 Å². The molecule has 0 spiro atoms. The minimum absolute atomic E-state index is 0.140. The van der Waals surface area contributed by atoms with Crippen LogP contribution < -0.4 is 10.1 Å². The van der Waals surface area contributed by atoms with Gasteiger partial charge in [0.2, 0.25) is 0 Å². The number of nitrogens with zero attached hydrogens (tertiary/aromatic N) is 2. The van der Waals surface area contributed by atoms with Crippen molar-refractivity contribution in [1.29, 1.82) is 0 Å². The fraction of sp³-hybridized carbons (Fsp3) is 0.632. The molecule has 1 aromatic carbocycles. The third kappa shape index (κ3) is 4.86. The molecule has 2 fully saturated rings. The maximum Gasteiger partial charge on any atom is 0.194 e. The van der Waals surface area contributed by atoms with Crippen LogP contribution in [-0.2, 0) is 16.0 Å². The number of nitrogens with one attached hydrogen (secondary N) is 1. The fourth-order valence-corrected chi connectivity index (χ4v) is 3.31. The van der Waals surface area contributed by atoms with Gasteiger partial charge in [0.1, 0.15) is 11.9 Å². The highest BCUT2D eigenvalue weighted by atomic mass is 16.5. The van der Waals surface area contributed by atoms with Crippen LogP contribution in [0.15, 0.2) is 29.3 Å². The SMILES string of the molecule is CCNC(=NCc1ccc(OC)cc1)N1CCOC(C2CCCO2)C1. The highest BCUT2D eigenvalue weighted by molar-refractivity contribution is 5.80. The van der Waals surface area contributed by atoms with E-state index in [2.05, 4.69) is 29.3 Å². The average molecular weight is 347 g/mol. The molecule has 2 heterocycles. The Morgan fingerprint density at radius 2 is 2.04 bits per heavy atom. The summed E-state index contributed by atoms with van der Waals surface area (Å²) >= 11 is 0. The van der Waals surface area contributed by atoms with Gasteiger partial charge in [0, 0.05) is 26.2 Å². The summed E-state index contributed by atoms with van der Waals surface area (Å²) < 4.78 is 17.0. The highest BCUT2D eigenvalue weighted by Crippen LogP contribution is 2.21. The minimum atomic E-state index is 0.140. The van der Waals surface area contributed by atoms with Crippen molar-refractivity contribution >= 4 is 5.96 Å². The molecular weight excluding hydrogens is 318 g/mol. The van der Waals surface area contributed by atoms with E-state index in [1.54, 1.807) is 7.11 Å². The summed E-state index contributed by atoms with van der Waals surface area (Å²) in [5.74, 6) is 1.82. The molecule has 6 nitrogen and oxygen atoms in total. The van der Waals surface area contributed by atoms with Crippen molar-refractivity contribution in [3.05, 3.63) is 29.8 Å². The Bertz CT molecular complexity index is 556. The Morgan fingerprint density at radius 3 is 2.72 bits per heavy atom. The van der Waals surface area contributed by atoms with E-state index < -0.39 is 0 Å². The molecule has 1 aromatic rings. The Morgan fingerprint density at radius 1 is 1.24 bits per heavy atom. The van der Waals surface area contributed by atoms with Crippen molar-refractivity contribution in [3.63, 3.8) is 0 Å². The molecule has 2 unspecified atom stereocenters. The number of guanidine groups is 1. The van der Waals surface area contributed by atoms with Gasteiger partial charge in [0.25, 0.3) is 0 Å². The summed E-state index contributed by atoms with van der Waals surface area (Å²) in [6.45, 7) is 6.86. The molecule has 0 amide bonds. The van der Waals surface area contributed by atoms with E-state index in [0.29, 0.717) is 6.54 Å². The van der Waals surface area contributed by atoms with E-state index in [0.717, 1.165) is 57.4 Å². The number of methoxy groups -OCH3 is 1. The molecule has 0 saturated carbocycles. The van der Waals surface area contributed by atoms with Crippen molar-refractivity contribution in [3.8, 4) is 5.75 Å². The molecule has 0 bridgehead atoms. The van der Waals surface area contributed by atoms with Crippen LogP contribution in [-0.4, -0.2) is 63.0 Å². The van der Waals surface area contributed by atoms with Gasteiger partial charge in [-0.3, -0.25) is 0 Å². The van der Waals surface area contributed by atoms with Gasteiger partial charge >= 0.3 is 0 Å². The number of rotatable bonds is 5. The maximum atomic E-state index is 5.95. The summed E-state index contributed by atoms with van der Waals surface area (Å²) in [6.07, 6.45) is 2.60. The van der Waals surface area contributed by atoms with Crippen LogP contribution in [0.3, 0.4) is 0 Å². The van der Waals surface area contributed by atoms with E-state index in [1.807, 2.05) is 12.1 Å². The Balaban J connectivity index is 1.63. The van der Waals surface area contributed by atoms with Crippen LogP contribution in [0, 0.1) is 0 Å². The number of hydrogen-bond acceptors (Lipinski definition) is 4. The molecule has 3 rings (SSSR count). The number of aliphatic imine (C=N–C) groups is 1. The zero-order valence-electron chi connectivity index (χ0n) is 15.2. The molecule has 6 heteroatoms. The van der Waals surface area contributed by atoms with Gasteiger partial charge in [-0.05, 0) is 37.5 Å². The van der Waals surface area contributed by atoms with Crippen LogP contribution in [0.4, 0.5) is 0 Å². The van der Waals surface area contributed by atoms with Gasteiger partial charge in [-0.25, -0.2) is 4.99 Å². The van der Waals surface area contributed by atoms with E-state index in [9.17, 15) is 0 Å². The molecule has 138 valence electrons. The zero-order chi connectivity index (χ0) is 17.5. The molecule has 0 radical (unpaired) electrons. The van der Waals surface area contributed by atoms with Gasteiger partial charge in [0.05, 0.1) is 26.4 Å². The molecule has 2 saturated heterocycles. The smallest absolute Gasteiger partial charge is 0.194 e. The fourth-order valence-electron chi connectivity index (χ4n) is 3.31. The molecular formula is C19H29N3O3. The summed E-state index contributed by atoms with van der Waals surface area (Å²) in [6, 6.07) is 8.06. The predicted octanol–water partition coefficient (Wildman–Crippen LogP) is 2.04. The molecule has 0 aliphatic carbocycles. The number of morpholine rings is 1. The van der Waals surface area contributed by atoms with Crippen molar-refractivity contribution < 1.29 is 14.2 Å². The van der Waals surface area contributed by atoms with E-state index >= 15 is 0 Å². The normalized spacial score (nSPS) is 24.4. The van der Waals surface area contributed by atoms with Crippen LogP contribution in [0.1, 0.15) is 25.3 Å². The predicted molar refractivity (Wildman–Crippen MR) is 98.1 cm³/mol. The summed E-state index contributed by atoms with van der Waals surface area (Å²) in [7, 11) is 1.68. The lowest BCUT2D eigenvalue weighted by Gasteiger charge is -2.37. The molecule has 2 aliphatic rings. The second-order valence-electron chi connectivity index (χ2n) is 6.42. The molecule has 25 heavy (non-hydrogen) atoms. The summed E-state index contributed by atoms with van der Waals surface area (Å²) in [5, 5.41) is 3.41. The lowest BCUT2D eigenvalue weighted by molar-refractivity contribution is -0.0817. The largest absolute Gasteiger partial charge is 0.497 e. The monoisotopic (exact) mass is 347 g/mol. The first kappa shape index (κ1) is 18.0.